The van der Waals surface area contributed by atoms with Crippen molar-refractivity contribution >= 4 is 5.78 Å². The number of fused-ring (bicyclic) bond motifs is 1. The molecule has 0 aliphatic heterocycles. The van der Waals surface area contributed by atoms with Crippen molar-refractivity contribution < 1.29 is 9.90 Å². The first-order valence-electron chi connectivity index (χ1n) is 8.83. The molecule has 0 radical (unpaired) electrons. The lowest BCUT2D eigenvalue weighted by atomic mass is 9.82. The molecule has 0 aromatic heterocycles. The van der Waals surface area contributed by atoms with Crippen molar-refractivity contribution in [3.8, 4) is 0 Å². The first kappa shape index (κ1) is 17.5. The Morgan fingerprint density at radius 3 is 2.68 bits per heavy atom. The van der Waals surface area contributed by atoms with Crippen LogP contribution >= 0.6 is 0 Å². The third-order valence-corrected chi connectivity index (χ3v) is 5.57. The molecule has 2 nitrogen and oxygen atoms in total. The highest BCUT2D eigenvalue weighted by molar-refractivity contribution is 5.79. The Hall–Kier alpha value is -0.890. The second-order valence-corrected chi connectivity index (χ2v) is 8.17. The summed E-state index contributed by atoms with van der Waals surface area (Å²) in [6, 6.07) is 0. The summed E-state index contributed by atoms with van der Waals surface area (Å²) in [4.78, 5) is 12.1. The zero-order valence-corrected chi connectivity index (χ0v) is 14.7. The predicted octanol–water partition coefficient (Wildman–Crippen LogP) is 4.68. The predicted molar refractivity (Wildman–Crippen MR) is 91.5 cm³/mol. The molecule has 0 amide bonds. The molecule has 0 spiro atoms. The van der Waals surface area contributed by atoms with Gasteiger partial charge in [0.2, 0.25) is 0 Å². The highest BCUT2D eigenvalue weighted by atomic mass is 16.3. The Bertz CT molecular complexity index is 470. The van der Waals surface area contributed by atoms with E-state index in [1.54, 1.807) is 0 Å². The van der Waals surface area contributed by atoms with E-state index in [0.29, 0.717) is 30.5 Å². The molecule has 0 aromatic rings. The lowest BCUT2D eigenvalue weighted by Crippen LogP contribution is -2.30. The third-order valence-electron chi connectivity index (χ3n) is 5.57. The normalized spacial score (nSPS) is 33.4. The average Bonchev–Trinajstić information content (AvgIpc) is 2.57. The maximum absolute atomic E-state index is 12.1. The fourth-order valence-corrected chi connectivity index (χ4v) is 4.21. The first-order chi connectivity index (χ1) is 10.2. The summed E-state index contributed by atoms with van der Waals surface area (Å²) in [6.45, 7) is 12.6. The number of allylic oxidation sites excluding steroid dienone is 2. The van der Waals surface area contributed by atoms with Crippen LogP contribution in [0.1, 0.15) is 66.2 Å². The van der Waals surface area contributed by atoms with E-state index < -0.39 is 5.60 Å². The second-order valence-electron chi connectivity index (χ2n) is 8.17. The van der Waals surface area contributed by atoms with E-state index in [2.05, 4.69) is 33.4 Å². The summed E-state index contributed by atoms with van der Waals surface area (Å²) < 4.78 is 0. The van der Waals surface area contributed by atoms with Gasteiger partial charge in [-0.3, -0.25) is 4.79 Å². The van der Waals surface area contributed by atoms with E-state index >= 15 is 0 Å². The molecule has 0 unspecified atom stereocenters. The van der Waals surface area contributed by atoms with Gasteiger partial charge in [-0.1, -0.05) is 44.6 Å². The van der Waals surface area contributed by atoms with Crippen LogP contribution in [0.4, 0.5) is 0 Å². The number of aliphatic hydroxyl groups is 1. The molecule has 1 N–H and O–H groups in total. The van der Waals surface area contributed by atoms with Crippen LogP contribution in [-0.2, 0) is 4.79 Å². The minimum Gasteiger partial charge on any atom is -0.390 e. The maximum Gasteiger partial charge on any atom is 0.133 e. The lowest BCUT2D eigenvalue weighted by molar-refractivity contribution is -0.120. The maximum atomic E-state index is 12.1. The van der Waals surface area contributed by atoms with Gasteiger partial charge < -0.3 is 5.11 Å². The largest absolute Gasteiger partial charge is 0.390 e. The number of carbonyl (C=O) groups excluding carboxylic acids is 1. The zero-order chi connectivity index (χ0) is 16.5. The van der Waals surface area contributed by atoms with E-state index in [1.165, 1.54) is 11.1 Å². The van der Waals surface area contributed by atoms with Crippen LogP contribution in [0.25, 0.3) is 0 Å². The molecular formula is C20H32O2. The van der Waals surface area contributed by atoms with E-state index in [1.807, 2.05) is 6.92 Å². The zero-order valence-electron chi connectivity index (χ0n) is 14.7. The minimum absolute atomic E-state index is 0.181. The molecule has 0 bridgehead atoms. The van der Waals surface area contributed by atoms with Crippen molar-refractivity contribution in [1.29, 1.82) is 0 Å². The van der Waals surface area contributed by atoms with Crippen LogP contribution < -0.4 is 0 Å². The van der Waals surface area contributed by atoms with Crippen LogP contribution in [0.3, 0.4) is 0 Å². The van der Waals surface area contributed by atoms with Crippen molar-refractivity contribution in [3.05, 3.63) is 23.8 Å². The topological polar surface area (TPSA) is 37.3 Å². The van der Waals surface area contributed by atoms with Crippen LogP contribution in [0.2, 0.25) is 0 Å². The summed E-state index contributed by atoms with van der Waals surface area (Å²) >= 11 is 0. The quantitative estimate of drug-likeness (QED) is 0.749. The summed E-state index contributed by atoms with van der Waals surface area (Å²) in [5.74, 6) is 1.68. The molecule has 2 aliphatic rings. The fourth-order valence-electron chi connectivity index (χ4n) is 4.21. The van der Waals surface area contributed by atoms with Crippen molar-refractivity contribution in [3.63, 3.8) is 0 Å². The third kappa shape index (κ3) is 3.90. The van der Waals surface area contributed by atoms with Crippen LogP contribution in [0.15, 0.2) is 23.8 Å². The van der Waals surface area contributed by atoms with Gasteiger partial charge in [0.25, 0.3) is 0 Å². The Morgan fingerprint density at radius 2 is 2.05 bits per heavy atom. The van der Waals surface area contributed by atoms with E-state index in [-0.39, 0.29) is 11.8 Å². The fraction of sp³-hybridized carbons (Fsp3) is 0.750. The smallest absolute Gasteiger partial charge is 0.133 e. The van der Waals surface area contributed by atoms with Crippen LogP contribution in [0, 0.1) is 23.7 Å². The van der Waals surface area contributed by atoms with Gasteiger partial charge in [-0.15, -0.1) is 0 Å². The second kappa shape index (κ2) is 6.70. The number of hydrogen-bond donors (Lipinski definition) is 1. The molecule has 4 atom stereocenters. The molecule has 2 heteroatoms. The molecule has 2 aliphatic carbocycles. The number of Topliss-reactive ketones (excluding diaryl/α,β-unsaturated/α-hetero) is 1. The van der Waals surface area contributed by atoms with Crippen molar-refractivity contribution in [2.75, 3.05) is 0 Å². The van der Waals surface area contributed by atoms with Gasteiger partial charge in [0.15, 0.2) is 0 Å². The van der Waals surface area contributed by atoms with Crippen molar-refractivity contribution in [2.24, 2.45) is 23.7 Å². The van der Waals surface area contributed by atoms with Gasteiger partial charge in [-0.25, -0.2) is 0 Å². The van der Waals surface area contributed by atoms with E-state index in [4.69, 9.17) is 0 Å². The van der Waals surface area contributed by atoms with Gasteiger partial charge in [0.1, 0.15) is 5.78 Å². The molecule has 0 aromatic carbocycles. The molecule has 0 heterocycles. The summed E-state index contributed by atoms with van der Waals surface area (Å²) in [5, 5.41) is 10.7. The summed E-state index contributed by atoms with van der Waals surface area (Å²) in [5.41, 5.74) is 2.02. The van der Waals surface area contributed by atoms with Crippen LogP contribution in [0.5, 0.6) is 0 Å². The number of rotatable bonds is 5. The SMILES string of the molecule is C=C1CCC([C@@H](C)CC(=O)CC(C)C)=C[C@@H]2[C@@H]1CC[C@@]2(C)O. The Labute approximate surface area is 135 Å². The molecule has 22 heavy (non-hydrogen) atoms. The number of hydrogen-bond acceptors (Lipinski definition) is 2. The Balaban J connectivity index is 2.12. The minimum atomic E-state index is -0.620. The number of carbonyl (C=O) groups is 1. The molecule has 124 valence electrons. The molecule has 1 saturated carbocycles. The Kier molecular flexibility index (Phi) is 5.32. The van der Waals surface area contributed by atoms with Gasteiger partial charge in [0, 0.05) is 18.8 Å². The highest BCUT2D eigenvalue weighted by Gasteiger charge is 2.44. The summed E-state index contributed by atoms with van der Waals surface area (Å²) in [6.07, 6.45) is 7.50. The van der Waals surface area contributed by atoms with Gasteiger partial charge in [-0.2, -0.15) is 0 Å². The molecule has 2 rings (SSSR count). The first-order valence-corrected chi connectivity index (χ1v) is 8.83. The van der Waals surface area contributed by atoms with Crippen LogP contribution in [-0.4, -0.2) is 16.5 Å². The van der Waals surface area contributed by atoms with Crippen molar-refractivity contribution in [1.82, 2.24) is 0 Å². The average molecular weight is 304 g/mol. The summed E-state index contributed by atoms with van der Waals surface area (Å²) in [7, 11) is 0. The van der Waals surface area contributed by atoms with Crippen molar-refractivity contribution in [2.45, 2.75) is 71.8 Å². The van der Waals surface area contributed by atoms with Gasteiger partial charge in [0.05, 0.1) is 5.60 Å². The number of ketones is 1. The van der Waals surface area contributed by atoms with Gasteiger partial charge in [-0.05, 0) is 50.4 Å². The molecule has 1 fully saturated rings. The monoisotopic (exact) mass is 304 g/mol. The molecule has 0 saturated heterocycles. The standard InChI is InChI=1S/C20H32O2/c1-13(2)10-17(21)11-15(4)16-7-6-14(3)18-8-9-20(5,22)19(18)12-16/h12-13,15,18-19,22H,3,6-11H2,1-2,4-5H3/t15-,18+,19+,20+/m0/s1. The highest BCUT2D eigenvalue weighted by Crippen LogP contribution is 2.48. The van der Waals surface area contributed by atoms with E-state index in [0.717, 1.165) is 25.7 Å². The Morgan fingerprint density at radius 1 is 1.36 bits per heavy atom. The molecular weight excluding hydrogens is 272 g/mol. The van der Waals surface area contributed by atoms with E-state index in [9.17, 15) is 9.90 Å². The lowest BCUT2D eigenvalue weighted by Gasteiger charge is -2.27. The van der Waals surface area contributed by atoms with Gasteiger partial charge >= 0.3 is 0 Å².